The summed E-state index contributed by atoms with van der Waals surface area (Å²) in [6.45, 7) is 10.4. The van der Waals surface area contributed by atoms with Crippen molar-refractivity contribution >= 4 is 5.91 Å². The smallest absolute Gasteiger partial charge is 0.271 e. The third-order valence-electron chi connectivity index (χ3n) is 5.81. The maximum atomic E-state index is 13.1. The van der Waals surface area contributed by atoms with E-state index in [-0.39, 0.29) is 5.91 Å². The highest BCUT2D eigenvalue weighted by Crippen LogP contribution is 2.23. The first-order valence-corrected chi connectivity index (χ1v) is 10.2. The number of amides is 1. The van der Waals surface area contributed by atoms with Crippen molar-refractivity contribution in [2.45, 2.75) is 47.1 Å². The summed E-state index contributed by atoms with van der Waals surface area (Å²) < 4.78 is 1.96. The number of carbonyl (C=O) groups excluding carboxylic acids is 1. The number of likely N-dealkylation sites (tertiary alicyclic amines) is 1. The van der Waals surface area contributed by atoms with E-state index in [1.54, 1.807) is 0 Å². The van der Waals surface area contributed by atoms with Crippen molar-refractivity contribution < 1.29 is 4.79 Å². The molecule has 7 nitrogen and oxygen atoms in total. The Morgan fingerprint density at radius 3 is 2.72 bits per heavy atom. The SMILES string of the molecule is Cc1nc(C)n(CC2CCCN(C(=O)c3cc(-c4ccc(C)c(C)c4)n[nH]3)C2)n1. The van der Waals surface area contributed by atoms with E-state index in [4.69, 9.17) is 0 Å². The van der Waals surface area contributed by atoms with Gasteiger partial charge in [0, 0.05) is 25.2 Å². The molecule has 0 bridgehead atoms. The molecule has 7 heteroatoms. The molecule has 1 aliphatic heterocycles. The molecule has 0 spiro atoms. The monoisotopic (exact) mass is 392 g/mol. The summed E-state index contributed by atoms with van der Waals surface area (Å²) in [4.78, 5) is 19.4. The van der Waals surface area contributed by atoms with E-state index in [1.807, 2.05) is 35.6 Å². The van der Waals surface area contributed by atoms with Crippen molar-refractivity contribution in [3.05, 3.63) is 52.7 Å². The van der Waals surface area contributed by atoms with E-state index < -0.39 is 0 Å². The van der Waals surface area contributed by atoms with Gasteiger partial charge in [-0.1, -0.05) is 12.1 Å². The Morgan fingerprint density at radius 1 is 1.17 bits per heavy atom. The molecule has 4 rings (SSSR count). The zero-order chi connectivity index (χ0) is 20.5. The van der Waals surface area contributed by atoms with Gasteiger partial charge in [0.2, 0.25) is 0 Å². The zero-order valence-corrected chi connectivity index (χ0v) is 17.6. The summed E-state index contributed by atoms with van der Waals surface area (Å²) in [5, 5.41) is 11.8. The lowest BCUT2D eigenvalue weighted by Crippen LogP contribution is -2.41. The van der Waals surface area contributed by atoms with Crippen LogP contribution in [0, 0.1) is 33.6 Å². The van der Waals surface area contributed by atoms with Gasteiger partial charge in [-0.2, -0.15) is 10.2 Å². The molecule has 1 unspecified atom stereocenters. The van der Waals surface area contributed by atoms with Gasteiger partial charge in [0.1, 0.15) is 17.3 Å². The van der Waals surface area contributed by atoms with Crippen LogP contribution in [-0.2, 0) is 6.54 Å². The highest BCUT2D eigenvalue weighted by molar-refractivity contribution is 5.93. The number of rotatable bonds is 4. The second kappa shape index (κ2) is 7.81. The highest BCUT2D eigenvalue weighted by atomic mass is 16.2. The van der Waals surface area contributed by atoms with Crippen LogP contribution >= 0.6 is 0 Å². The quantitative estimate of drug-likeness (QED) is 0.737. The molecule has 1 saturated heterocycles. The topological polar surface area (TPSA) is 79.7 Å². The first-order valence-electron chi connectivity index (χ1n) is 10.2. The molecule has 2 aromatic heterocycles. The molecule has 1 fully saturated rings. The summed E-state index contributed by atoms with van der Waals surface area (Å²) in [5.74, 6) is 2.12. The predicted molar refractivity (Wildman–Crippen MR) is 112 cm³/mol. The molecule has 152 valence electrons. The molecule has 1 aliphatic rings. The van der Waals surface area contributed by atoms with Crippen molar-refractivity contribution in [1.29, 1.82) is 0 Å². The first kappa shape index (κ1) is 19.4. The van der Waals surface area contributed by atoms with Gasteiger partial charge in [-0.15, -0.1) is 0 Å². The number of carbonyl (C=O) groups is 1. The van der Waals surface area contributed by atoms with Gasteiger partial charge < -0.3 is 4.90 Å². The summed E-state index contributed by atoms with van der Waals surface area (Å²) in [6, 6.07) is 8.11. The van der Waals surface area contributed by atoms with Gasteiger partial charge in [-0.05, 0) is 69.7 Å². The minimum Gasteiger partial charge on any atom is -0.337 e. The van der Waals surface area contributed by atoms with Crippen LogP contribution in [0.2, 0.25) is 0 Å². The highest BCUT2D eigenvalue weighted by Gasteiger charge is 2.26. The van der Waals surface area contributed by atoms with E-state index in [2.05, 4.69) is 46.3 Å². The first-order chi connectivity index (χ1) is 13.9. The van der Waals surface area contributed by atoms with Crippen LogP contribution in [0.4, 0.5) is 0 Å². The molecule has 3 aromatic rings. The molecule has 0 radical (unpaired) electrons. The Morgan fingerprint density at radius 2 is 2.00 bits per heavy atom. The summed E-state index contributed by atoms with van der Waals surface area (Å²) in [5.41, 5.74) is 4.84. The van der Waals surface area contributed by atoms with Crippen LogP contribution in [0.25, 0.3) is 11.3 Å². The van der Waals surface area contributed by atoms with E-state index in [0.29, 0.717) is 11.6 Å². The largest absolute Gasteiger partial charge is 0.337 e. The van der Waals surface area contributed by atoms with E-state index in [1.165, 1.54) is 11.1 Å². The number of aromatic nitrogens is 5. The fourth-order valence-electron chi connectivity index (χ4n) is 4.03. The maximum absolute atomic E-state index is 13.1. The number of benzene rings is 1. The van der Waals surface area contributed by atoms with Crippen LogP contribution < -0.4 is 0 Å². The molecule has 1 atom stereocenters. The Kier molecular flexibility index (Phi) is 5.22. The number of piperidine rings is 1. The van der Waals surface area contributed by atoms with Crippen LogP contribution in [0.3, 0.4) is 0 Å². The fourth-order valence-corrected chi connectivity index (χ4v) is 4.03. The Bertz CT molecular complexity index is 1030. The van der Waals surface area contributed by atoms with Gasteiger partial charge in [0.15, 0.2) is 0 Å². The lowest BCUT2D eigenvalue weighted by molar-refractivity contribution is 0.0653. The average Bonchev–Trinajstić information content (AvgIpc) is 3.30. The summed E-state index contributed by atoms with van der Waals surface area (Å²) in [6.07, 6.45) is 2.10. The van der Waals surface area contributed by atoms with Crippen molar-refractivity contribution in [2.24, 2.45) is 5.92 Å². The molecule has 0 aliphatic carbocycles. The standard InChI is InChI=1S/C22H28N6O/c1-14-7-8-19(10-15(14)2)20-11-21(25-24-20)22(29)27-9-5-6-18(12-27)13-28-17(4)23-16(3)26-28/h7-8,10-11,18H,5-6,9,12-13H2,1-4H3,(H,24,25). The Labute approximate surface area is 171 Å². The molecule has 29 heavy (non-hydrogen) atoms. The molecule has 1 N–H and O–H groups in total. The van der Waals surface area contributed by atoms with Gasteiger partial charge >= 0.3 is 0 Å². The van der Waals surface area contributed by atoms with Gasteiger partial charge in [-0.25, -0.2) is 9.67 Å². The summed E-state index contributed by atoms with van der Waals surface area (Å²) in [7, 11) is 0. The van der Waals surface area contributed by atoms with Gasteiger partial charge in [0.05, 0.1) is 5.69 Å². The fraction of sp³-hybridized carbons (Fsp3) is 0.455. The van der Waals surface area contributed by atoms with Crippen molar-refractivity contribution in [3.63, 3.8) is 0 Å². The number of nitrogens with one attached hydrogen (secondary N) is 1. The molecule has 0 saturated carbocycles. The van der Waals surface area contributed by atoms with Crippen LogP contribution in [0.15, 0.2) is 24.3 Å². The minimum absolute atomic E-state index is 0.0174. The molecule has 1 aromatic carbocycles. The second-order valence-electron chi connectivity index (χ2n) is 8.11. The van der Waals surface area contributed by atoms with Crippen molar-refractivity contribution in [3.8, 4) is 11.3 Å². The number of H-pyrrole nitrogens is 1. The van der Waals surface area contributed by atoms with Crippen molar-refractivity contribution in [2.75, 3.05) is 13.1 Å². The second-order valence-corrected chi connectivity index (χ2v) is 8.11. The number of aryl methyl sites for hydroxylation is 4. The Hall–Kier alpha value is -2.96. The molecule has 1 amide bonds. The number of aromatic amines is 1. The van der Waals surface area contributed by atoms with Gasteiger partial charge in [0.25, 0.3) is 5.91 Å². The van der Waals surface area contributed by atoms with Crippen molar-refractivity contribution in [1.82, 2.24) is 29.9 Å². The zero-order valence-electron chi connectivity index (χ0n) is 17.6. The van der Waals surface area contributed by atoms with E-state index in [0.717, 1.165) is 55.4 Å². The third kappa shape index (κ3) is 4.09. The lowest BCUT2D eigenvalue weighted by atomic mass is 9.97. The number of nitrogens with zero attached hydrogens (tertiary/aromatic N) is 5. The van der Waals surface area contributed by atoms with Crippen LogP contribution in [0.1, 0.15) is 46.1 Å². The Balaban J connectivity index is 1.45. The van der Waals surface area contributed by atoms with Crippen LogP contribution in [-0.4, -0.2) is 48.9 Å². The van der Waals surface area contributed by atoms with Crippen LogP contribution in [0.5, 0.6) is 0 Å². The summed E-state index contributed by atoms with van der Waals surface area (Å²) >= 11 is 0. The van der Waals surface area contributed by atoms with Gasteiger partial charge in [-0.3, -0.25) is 9.89 Å². The number of hydrogen-bond donors (Lipinski definition) is 1. The molecular weight excluding hydrogens is 364 g/mol. The van der Waals surface area contributed by atoms with E-state index in [9.17, 15) is 4.79 Å². The van der Waals surface area contributed by atoms with E-state index >= 15 is 0 Å². The maximum Gasteiger partial charge on any atom is 0.271 e. The average molecular weight is 393 g/mol. The number of hydrogen-bond acceptors (Lipinski definition) is 4. The predicted octanol–water partition coefficient (Wildman–Crippen LogP) is 3.45. The third-order valence-corrected chi connectivity index (χ3v) is 5.81. The molecule has 3 heterocycles. The normalized spacial score (nSPS) is 17.0. The lowest BCUT2D eigenvalue weighted by Gasteiger charge is -2.32. The molecular formula is C22H28N6O. The minimum atomic E-state index is 0.0174.